The Kier molecular flexibility index (Phi) is 1.96. The van der Waals surface area contributed by atoms with Crippen molar-refractivity contribution in [2.45, 2.75) is 0 Å². The monoisotopic (exact) mass is 164 g/mol. The molecular weight excluding hydrogens is 152 g/mol. The van der Waals surface area contributed by atoms with E-state index in [1.54, 1.807) is 10.6 Å². The molecule has 0 aliphatic heterocycles. The number of aromatic nitrogens is 1. The summed E-state index contributed by atoms with van der Waals surface area (Å²) in [5.74, 6) is 0.867. The Labute approximate surface area is 71.8 Å². The second kappa shape index (κ2) is 2.78. The molecule has 0 aliphatic carbocycles. The zero-order valence-corrected chi connectivity index (χ0v) is 7.50. The summed E-state index contributed by atoms with van der Waals surface area (Å²) in [6.07, 6.45) is 0. The Balaban J connectivity index is 3.31. The average Bonchev–Trinajstić information content (AvgIpc) is 2.25. The van der Waals surface area contributed by atoms with Crippen molar-refractivity contribution in [3.8, 4) is 6.07 Å². The van der Waals surface area contributed by atoms with Crippen molar-refractivity contribution in [3.05, 3.63) is 11.8 Å². The summed E-state index contributed by atoms with van der Waals surface area (Å²) in [6.45, 7) is 0. The van der Waals surface area contributed by atoms with Gasteiger partial charge in [0.05, 0.1) is 5.69 Å². The molecule has 0 amide bonds. The van der Waals surface area contributed by atoms with Crippen LogP contribution in [0.5, 0.6) is 0 Å². The van der Waals surface area contributed by atoms with Crippen LogP contribution in [0.15, 0.2) is 6.07 Å². The van der Waals surface area contributed by atoms with Crippen molar-refractivity contribution in [3.63, 3.8) is 0 Å². The SMILES string of the molecule is CN(C)c1c(N)cc(C#N)n1C. The highest BCUT2D eigenvalue weighted by atomic mass is 15.2. The van der Waals surface area contributed by atoms with Crippen LogP contribution in [0.3, 0.4) is 0 Å². The molecule has 0 spiro atoms. The third kappa shape index (κ3) is 1.10. The maximum Gasteiger partial charge on any atom is 0.132 e. The molecular formula is C8H12N4. The van der Waals surface area contributed by atoms with Crippen LogP contribution >= 0.6 is 0 Å². The molecule has 64 valence electrons. The van der Waals surface area contributed by atoms with Crippen LogP contribution in [0.4, 0.5) is 11.5 Å². The predicted octanol–water partition coefficient (Wildman–Crippen LogP) is 0.545. The molecule has 0 atom stereocenters. The van der Waals surface area contributed by atoms with Crippen molar-refractivity contribution >= 4 is 11.5 Å². The smallest absolute Gasteiger partial charge is 0.132 e. The van der Waals surface area contributed by atoms with Gasteiger partial charge in [0.15, 0.2) is 0 Å². The molecule has 1 aromatic heterocycles. The third-order valence-electron chi connectivity index (χ3n) is 1.77. The number of nitrogens with zero attached hydrogens (tertiary/aromatic N) is 3. The molecule has 0 radical (unpaired) electrons. The van der Waals surface area contributed by atoms with Gasteiger partial charge in [-0.05, 0) is 6.07 Å². The van der Waals surface area contributed by atoms with E-state index in [0.717, 1.165) is 5.82 Å². The Bertz CT molecular complexity index is 330. The number of anilines is 2. The van der Waals surface area contributed by atoms with Crippen LogP contribution in [0.1, 0.15) is 5.69 Å². The third-order valence-corrected chi connectivity index (χ3v) is 1.77. The van der Waals surface area contributed by atoms with Crippen LogP contribution in [0.25, 0.3) is 0 Å². The van der Waals surface area contributed by atoms with Gasteiger partial charge in [-0.1, -0.05) is 0 Å². The first-order chi connectivity index (χ1) is 5.57. The molecule has 0 bridgehead atoms. The van der Waals surface area contributed by atoms with Crippen molar-refractivity contribution < 1.29 is 0 Å². The van der Waals surface area contributed by atoms with E-state index in [1.807, 2.05) is 26.0 Å². The highest BCUT2D eigenvalue weighted by Gasteiger charge is 2.10. The van der Waals surface area contributed by atoms with Crippen molar-refractivity contribution in [2.75, 3.05) is 24.7 Å². The largest absolute Gasteiger partial charge is 0.396 e. The Morgan fingerprint density at radius 3 is 2.42 bits per heavy atom. The fourth-order valence-electron chi connectivity index (χ4n) is 1.28. The van der Waals surface area contributed by atoms with Gasteiger partial charge < -0.3 is 15.2 Å². The van der Waals surface area contributed by atoms with Gasteiger partial charge in [0.1, 0.15) is 17.6 Å². The van der Waals surface area contributed by atoms with Crippen molar-refractivity contribution in [1.82, 2.24) is 4.57 Å². The zero-order chi connectivity index (χ0) is 9.30. The van der Waals surface area contributed by atoms with Crippen LogP contribution in [0.2, 0.25) is 0 Å². The summed E-state index contributed by atoms with van der Waals surface area (Å²) in [6, 6.07) is 3.74. The average molecular weight is 164 g/mol. The molecule has 0 saturated carbocycles. The molecule has 0 saturated heterocycles. The lowest BCUT2D eigenvalue weighted by Gasteiger charge is -2.14. The van der Waals surface area contributed by atoms with Gasteiger partial charge in [0.2, 0.25) is 0 Å². The van der Waals surface area contributed by atoms with E-state index in [1.165, 1.54) is 0 Å². The van der Waals surface area contributed by atoms with Crippen LogP contribution in [0, 0.1) is 11.3 Å². The number of hydrogen-bond donors (Lipinski definition) is 1. The standard InChI is InChI=1S/C8H12N4/c1-11(2)8-7(10)4-6(5-9)12(8)3/h4H,10H2,1-3H3. The van der Waals surface area contributed by atoms with E-state index < -0.39 is 0 Å². The fourth-order valence-corrected chi connectivity index (χ4v) is 1.28. The highest BCUT2D eigenvalue weighted by molar-refractivity contribution is 5.67. The van der Waals surface area contributed by atoms with Gasteiger partial charge >= 0.3 is 0 Å². The summed E-state index contributed by atoms with van der Waals surface area (Å²) < 4.78 is 1.77. The van der Waals surface area contributed by atoms with E-state index in [4.69, 9.17) is 11.0 Å². The molecule has 0 unspecified atom stereocenters. The van der Waals surface area contributed by atoms with E-state index in [0.29, 0.717) is 11.4 Å². The Hall–Kier alpha value is -1.63. The molecule has 0 aliphatic rings. The Morgan fingerprint density at radius 2 is 2.17 bits per heavy atom. The lowest BCUT2D eigenvalue weighted by atomic mass is 10.4. The highest BCUT2D eigenvalue weighted by Crippen LogP contribution is 2.24. The van der Waals surface area contributed by atoms with E-state index in [2.05, 4.69) is 6.07 Å². The Morgan fingerprint density at radius 1 is 1.58 bits per heavy atom. The molecule has 2 N–H and O–H groups in total. The van der Waals surface area contributed by atoms with Crippen LogP contribution < -0.4 is 10.6 Å². The van der Waals surface area contributed by atoms with Crippen LogP contribution in [-0.2, 0) is 7.05 Å². The topological polar surface area (TPSA) is 58.0 Å². The maximum atomic E-state index is 8.69. The number of hydrogen-bond acceptors (Lipinski definition) is 3. The summed E-state index contributed by atoms with van der Waals surface area (Å²) in [7, 11) is 5.62. The zero-order valence-electron chi connectivity index (χ0n) is 7.50. The normalized spacial score (nSPS) is 9.50. The molecule has 4 heteroatoms. The van der Waals surface area contributed by atoms with Crippen molar-refractivity contribution in [2.24, 2.45) is 7.05 Å². The van der Waals surface area contributed by atoms with E-state index in [-0.39, 0.29) is 0 Å². The number of nitrogens with two attached hydrogens (primary N) is 1. The van der Waals surface area contributed by atoms with Crippen LogP contribution in [-0.4, -0.2) is 18.7 Å². The minimum atomic E-state index is 0.580. The minimum absolute atomic E-state index is 0.580. The van der Waals surface area contributed by atoms with Crippen molar-refractivity contribution in [1.29, 1.82) is 5.26 Å². The summed E-state index contributed by atoms with van der Waals surface area (Å²) in [5, 5.41) is 8.69. The fraction of sp³-hybridized carbons (Fsp3) is 0.375. The van der Waals surface area contributed by atoms with Gasteiger partial charge in [-0.15, -0.1) is 0 Å². The van der Waals surface area contributed by atoms with E-state index in [9.17, 15) is 0 Å². The van der Waals surface area contributed by atoms with E-state index >= 15 is 0 Å². The molecule has 4 nitrogen and oxygen atoms in total. The predicted molar refractivity (Wildman–Crippen MR) is 48.9 cm³/mol. The first-order valence-corrected chi connectivity index (χ1v) is 3.60. The maximum absolute atomic E-state index is 8.69. The quantitative estimate of drug-likeness (QED) is 0.659. The summed E-state index contributed by atoms with van der Waals surface area (Å²) in [5.41, 5.74) is 6.92. The summed E-state index contributed by atoms with van der Waals surface area (Å²) >= 11 is 0. The first kappa shape index (κ1) is 8.47. The lowest BCUT2D eigenvalue weighted by molar-refractivity contribution is 0.873. The molecule has 1 aromatic rings. The molecule has 12 heavy (non-hydrogen) atoms. The molecule has 1 rings (SSSR count). The van der Waals surface area contributed by atoms with Gasteiger partial charge in [0, 0.05) is 21.1 Å². The molecule has 0 fully saturated rings. The van der Waals surface area contributed by atoms with Gasteiger partial charge in [-0.25, -0.2) is 0 Å². The van der Waals surface area contributed by atoms with Gasteiger partial charge in [-0.2, -0.15) is 5.26 Å². The first-order valence-electron chi connectivity index (χ1n) is 3.60. The molecule has 0 aromatic carbocycles. The van der Waals surface area contributed by atoms with Gasteiger partial charge in [0.25, 0.3) is 0 Å². The second-order valence-corrected chi connectivity index (χ2v) is 2.87. The minimum Gasteiger partial charge on any atom is -0.396 e. The number of nitriles is 1. The second-order valence-electron chi connectivity index (χ2n) is 2.87. The van der Waals surface area contributed by atoms with Gasteiger partial charge in [-0.3, -0.25) is 0 Å². The number of rotatable bonds is 1. The number of nitrogen functional groups attached to an aromatic ring is 1. The summed E-state index contributed by atoms with van der Waals surface area (Å²) in [4.78, 5) is 1.89. The lowest BCUT2D eigenvalue weighted by Crippen LogP contribution is -2.14. The molecule has 1 heterocycles.